The minimum atomic E-state index is 0.330. The second-order valence-electron chi connectivity index (χ2n) is 9.85. The summed E-state index contributed by atoms with van der Waals surface area (Å²) >= 11 is 12.6. The number of fused-ring (bicyclic) bond motifs is 3. The van der Waals surface area contributed by atoms with E-state index in [1.165, 1.54) is 19.3 Å². The van der Waals surface area contributed by atoms with E-state index in [4.69, 9.17) is 33.2 Å². The minimum Gasteiger partial charge on any atom is -0.352 e. The van der Waals surface area contributed by atoms with Gasteiger partial charge in [0, 0.05) is 28.6 Å². The first kappa shape index (κ1) is 19.1. The highest BCUT2D eigenvalue weighted by Gasteiger charge is 2.50. The summed E-state index contributed by atoms with van der Waals surface area (Å²) in [5, 5.41) is 2.30. The molecule has 1 saturated carbocycles. The summed E-state index contributed by atoms with van der Waals surface area (Å²) < 4.78 is 0. The highest BCUT2D eigenvalue weighted by molar-refractivity contribution is 6.36. The molecule has 29 heavy (non-hydrogen) atoms. The van der Waals surface area contributed by atoms with E-state index in [-0.39, 0.29) is 0 Å². The van der Waals surface area contributed by atoms with Crippen molar-refractivity contribution in [1.82, 2.24) is 9.97 Å². The molecule has 0 radical (unpaired) electrons. The fourth-order valence-electron chi connectivity index (χ4n) is 5.78. The van der Waals surface area contributed by atoms with Crippen molar-refractivity contribution >= 4 is 39.9 Å². The summed E-state index contributed by atoms with van der Waals surface area (Å²) in [7, 11) is 0. The van der Waals surface area contributed by atoms with Gasteiger partial charge in [0.05, 0.1) is 10.5 Å². The Kier molecular flexibility index (Phi) is 4.34. The Morgan fingerprint density at radius 3 is 2.59 bits per heavy atom. The maximum atomic E-state index is 6.50. The van der Waals surface area contributed by atoms with Crippen LogP contribution in [0, 0.1) is 10.8 Å². The number of hydrogen-bond acceptors (Lipinski definition) is 3. The molecule has 2 aromatic carbocycles. The van der Waals surface area contributed by atoms with Gasteiger partial charge >= 0.3 is 0 Å². The molecule has 0 N–H and O–H groups in total. The van der Waals surface area contributed by atoms with E-state index >= 15 is 0 Å². The van der Waals surface area contributed by atoms with Crippen LogP contribution in [0.4, 0.5) is 5.82 Å². The molecule has 1 saturated heterocycles. The zero-order valence-electron chi connectivity index (χ0n) is 17.0. The molecule has 1 aliphatic heterocycles. The molecule has 5 rings (SSSR count). The average Bonchev–Trinajstić information content (AvgIpc) is 2.89. The first-order chi connectivity index (χ1) is 13.7. The molecule has 1 aromatic heterocycles. The molecule has 2 bridgehead atoms. The third-order valence-corrected chi connectivity index (χ3v) is 6.99. The van der Waals surface area contributed by atoms with Gasteiger partial charge in [-0.2, -0.15) is 0 Å². The third kappa shape index (κ3) is 3.39. The molecule has 2 heterocycles. The Bertz CT molecular complexity index is 1110. The van der Waals surface area contributed by atoms with Crippen molar-refractivity contribution in [3.63, 3.8) is 0 Å². The van der Waals surface area contributed by atoms with Crippen molar-refractivity contribution in [2.45, 2.75) is 46.1 Å². The second-order valence-corrected chi connectivity index (χ2v) is 10.7. The molecule has 5 heteroatoms. The van der Waals surface area contributed by atoms with Crippen molar-refractivity contribution in [3.05, 3.63) is 52.5 Å². The van der Waals surface area contributed by atoms with Crippen LogP contribution >= 0.6 is 23.2 Å². The zero-order valence-corrected chi connectivity index (χ0v) is 18.6. The number of anilines is 1. The van der Waals surface area contributed by atoms with E-state index in [0.717, 1.165) is 28.8 Å². The molecule has 1 aliphatic carbocycles. The Labute approximate surface area is 182 Å². The smallest absolute Gasteiger partial charge is 0.163 e. The van der Waals surface area contributed by atoms with E-state index < -0.39 is 0 Å². The van der Waals surface area contributed by atoms with Gasteiger partial charge < -0.3 is 4.90 Å². The molecular formula is C24H25Cl2N3. The Hall–Kier alpha value is -1.84. The van der Waals surface area contributed by atoms with Gasteiger partial charge in [-0.15, -0.1) is 0 Å². The largest absolute Gasteiger partial charge is 0.352 e. The molecule has 0 unspecified atom stereocenters. The summed E-state index contributed by atoms with van der Waals surface area (Å²) in [6, 6.07) is 14.3. The van der Waals surface area contributed by atoms with Gasteiger partial charge in [-0.25, -0.2) is 9.97 Å². The van der Waals surface area contributed by atoms with Crippen LogP contribution in [0.2, 0.25) is 10.0 Å². The molecule has 150 valence electrons. The molecular weight excluding hydrogens is 401 g/mol. The predicted octanol–water partition coefficient (Wildman–Crippen LogP) is 7.01. The Balaban J connectivity index is 1.68. The van der Waals surface area contributed by atoms with Crippen LogP contribution < -0.4 is 4.90 Å². The van der Waals surface area contributed by atoms with Crippen LogP contribution in [0.15, 0.2) is 42.5 Å². The quantitative estimate of drug-likeness (QED) is 0.441. The average molecular weight is 426 g/mol. The van der Waals surface area contributed by atoms with Crippen LogP contribution in [0.3, 0.4) is 0 Å². The first-order valence-electron chi connectivity index (χ1n) is 10.2. The summed E-state index contributed by atoms with van der Waals surface area (Å²) in [5.41, 5.74) is 2.45. The molecule has 2 fully saturated rings. The standard InChI is InChI=1S/C24H25Cl2N3/c1-23(2)11-16-12-24(3,13-23)14-29(16)22-18-6-4-5-7-20(18)27-21(28-22)17-9-8-15(25)10-19(17)26/h4-10,16H,11-14H2,1-3H3/t16-,24-/m0/s1. The lowest BCUT2D eigenvalue weighted by atomic mass is 9.65. The second kappa shape index (κ2) is 6.58. The van der Waals surface area contributed by atoms with E-state index in [2.05, 4.69) is 43.9 Å². The first-order valence-corrected chi connectivity index (χ1v) is 11.0. The van der Waals surface area contributed by atoms with Crippen LogP contribution in [0.5, 0.6) is 0 Å². The number of nitrogens with zero attached hydrogens (tertiary/aromatic N) is 3. The monoisotopic (exact) mass is 425 g/mol. The predicted molar refractivity (Wildman–Crippen MR) is 122 cm³/mol. The van der Waals surface area contributed by atoms with Gasteiger partial charge in [-0.1, -0.05) is 56.1 Å². The molecule has 2 aliphatic rings. The molecule has 3 aromatic rings. The lowest BCUT2D eigenvalue weighted by molar-refractivity contribution is 0.136. The normalized spacial score (nSPS) is 25.6. The number of benzene rings is 2. The fourth-order valence-corrected chi connectivity index (χ4v) is 6.27. The molecule has 0 amide bonds. The van der Waals surface area contributed by atoms with Gasteiger partial charge in [0.25, 0.3) is 0 Å². The maximum Gasteiger partial charge on any atom is 0.163 e. The van der Waals surface area contributed by atoms with Crippen LogP contribution in [-0.2, 0) is 0 Å². The third-order valence-electron chi connectivity index (χ3n) is 6.44. The highest BCUT2D eigenvalue weighted by Crippen LogP contribution is 2.53. The number of aromatic nitrogens is 2. The number of hydrogen-bond donors (Lipinski definition) is 0. The summed E-state index contributed by atoms with van der Waals surface area (Å²) in [4.78, 5) is 12.4. The van der Waals surface area contributed by atoms with Crippen molar-refractivity contribution in [3.8, 4) is 11.4 Å². The van der Waals surface area contributed by atoms with Crippen LogP contribution in [-0.4, -0.2) is 22.6 Å². The summed E-state index contributed by atoms with van der Waals surface area (Å²) in [6.45, 7) is 8.27. The van der Waals surface area contributed by atoms with Gasteiger partial charge in [0.15, 0.2) is 5.82 Å². The van der Waals surface area contributed by atoms with Gasteiger partial charge in [-0.05, 0) is 60.4 Å². The molecule has 2 atom stereocenters. The van der Waals surface area contributed by atoms with Crippen LogP contribution in [0.25, 0.3) is 22.3 Å². The van der Waals surface area contributed by atoms with Gasteiger partial charge in [0.1, 0.15) is 5.82 Å². The Morgan fingerprint density at radius 1 is 1.00 bits per heavy atom. The topological polar surface area (TPSA) is 29.0 Å². The summed E-state index contributed by atoms with van der Waals surface area (Å²) in [6.07, 6.45) is 3.68. The molecule has 3 nitrogen and oxygen atoms in total. The van der Waals surface area contributed by atoms with E-state index in [1.807, 2.05) is 18.2 Å². The summed E-state index contributed by atoms with van der Waals surface area (Å²) in [5.74, 6) is 1.69. The minimum absolute atomic E-state index is 0.330. The zero-order chi connectivity index (χ0) is 20.4. The lowest BCUT2D eigenvalue weighted by Gasteiger charge is -2.39. The Morgan fingerprint density at radius 2 is 1.79 bits per heavy atom. The van der Waals surface area contributed by atoms with Gasteiger partial charge in [-0.3, -0.25) is 0 Å². The van der Waals surface area contributed by atoms with Gasteiger partial charge in [0.2, 0.25) is 0 Å². The van der Waals surface area contributed by atoms with Crippen molar-refractivity contribution in [1.29, 1.82) is 0 Å². The van der Waals surface area contributed by atoms with Crippen molar-refractivity contribution in [2.24, 2.45) is 10.8 Å². The lowest BCUT2D eigenvalue weighted by Crippen LogP contribution is -2.35. The maximum absolute atomic E-state index is 6.50. The van der Waals surface area contributed by atoms with Crippen LogP contribution in [0.1, 0.15) is 40.0 Å². The van der Waals surface area contributed by atoms with E-state index in [0.29, 0.717) is 32.7 Å². The van der Waals surface area contributed by atoms with Crippen molar-refractivity contribution in [2.75, 3.05) is 11.4 Å². The number of rotatable bonds is 2. The fraction of sp³-hybridized carbons (Fsp3) is 0.417. The van der Waals surface area contributed by atoms with Crippen molar-refractivity contribution < 1.29 is 0 Å². The number of halogens is 2. The van der Waals surface area contributed by atoms with E-state index in [9.17, 15) is 0 Å². The molecule has 0 spiro atoms. The SMILES string of the molecule is CC1(C)C[C@H]2C[C@](C)(CN2c2nc(-c3ccc(Cl)cc3Cl)nc3ccccc23)C1. The van der Waals surface area contributed by atoms with E-state index in [1.54, 1.807) is 6.07 Å². The highest BCUT2D eigenvalue weighted by atomic mass is 35.5. The number of para-hydroxylation sites is 1.